The van der Waals surface area contributed by atoms with E-state index in [1.54, 1.807) is 19.1 Å². The molecule has 0 spiro atoms. The predicted molar refractivity (Wildman–Crippen MR) is 246 cm³/mol. The SMILES string of the molecule is CCOC(=O)C(CC(C)C)c1ccc(OCC2CC2)c(-c2ccc(C(F)(F)F)cc2)c1.CCOC(=O)C(CC(C)C)c1ccc(OCC2CC2)c(Br)c1.Cc1ccc(B(O)O)cc1. The zero-order valence-corrected chi connectivity index (χ0v) is 39.1. The van der Waals surface area contributed by atoms with Gasteiger partial charge in [-0.15, -0.1) is 0 Å². The van der Waals surface area contributed by atoms with Crippen LogP contribution in [0.15, 0.2) is 89.4 Å². The Hall–Kier alpha value is -4.33. The zero-order valence-electron chi connectivity index (χ0n) is 37.6. The van der Waals surface area contributed by atoms with E-state index in [1.807, 2.05) is 76.2 Å². The fourth-order valence-electron chi connectivity index (χ4n) is 6.69. The molecule has 0 heterocycles. The highest BCUT2D eigenvalue weighted by atomic mass is 79.9. The number of hydrogen-bond donors (Lipinski definition) is 2. The van der Waals surface area contributed by atoms with Crippen molar-refractivity contribution in [3.8, 4) is 22.6 Å². The molecule has 0 bridgehead atoms. The Kier molecular flexibility index (Phi) is 20.1. The van der Waals surface area contributed by atoms with E-state index in [2.05, 4.69) is 29.8 Å². The van der Waals surface area contributed by atoms with Crippen molar-refractivity contribution in [2.24, 2.45) is 23.7 Å². The van der Waals surface area contributed by atoms with Crippen molar-refractivity contribution in [1.29, 1.82) is 0 Å². The molecule has 2 saturated carbocycles. The Morgan fingerprint density at radius 1 is 0.698 bits per heavy atom. The van der Waals surface area contributed by atoms with Crippen LogP contribution in [0.3, 0.4) is 0 Å². The second-order valence-corrected chi connectivity index (χ2v) is 18.0. The van der Waals surface area contributed by atoms with Crippen LogP contribution in [0, 0.1) is 30.6 Å². The monoisotopic (exact) mass is 938 g/mol. The molecule has 342 valence electrons. The number of alkyl halides is 3. The first-order chi connectivity index (χ1) is 29.9. The minimum absolute atomic E-state index is 0.144. The number of benzene rings is 4. The Labute approximate surface area is 380 Å². The minimum Gasteiger partial charge on any atom is -0.493 e. The number of carbonyl (C=O) groups is 2. The Morgan fingerprint density at radius 2 is 1.16 bits per heavy atom. The summed E-state index contributed by atoms with van der Waals surface area (Å²) in [4.78, 5) is 24.8. The lowest BCUT2D eigenvalue weighted by Crippen LogP contribution is -2.29. The summed E-state index contributed by atoms with van der Waals surface area (Å²) in [6, 6.07) is 23.6. The van der Waals surface area contributed by atoms with Crippen LogP contribution in [-0.4, -0.2) is 55.5 Å². The van der Waals surface area contributed by atoms with Gasteiger partial charge in [0.1, 0.15) is 11.5 Å². The van der Waals surface area contributed by atoms with Crippen LogP contribution in [0.2, 0.25) is 0 Å². The van der Waals surface area contributed by atoms with E-state index in [-0.39, 0.29) is 23.8 Å². The van der Waals surface area contributed by atoms with Crippen LogP contribution in [0.25, 0.3) is 11.1 Å². The number of aryl methyl sites for hydroxylation is 1. The molecule has 2 fully saturated rings. The van der Waals surface area contributed by atoms with Gasteiger partial charge in [-0.2, -0.15) is 13.2 Å². The molecular weight excluding hydrogens is 876 g/mol. The average molecular weight is 940 g/mol. The van der Waals surface area contributed by atoms with Crippen LogP contribution in [-0.2, 0) is 25.2 Å². The third-order valence-electron chi connectivity index (χ3n) is 10.6. The second kappa shape index (κ2) is 24.7. The smallest absolute Gasteiger partial charge is 0.488 e. The van der Waals surface area contributed by atoms with Crippen molar-refractivity contribution in [3.63, 3.8) is 0 Å². The van der Waals surface area contributed by atoms with E-state index in [0.717, 1.165) is 70.8 Å². The summed E-state index contributed by atoms with van der Waals surface area (Å²) in [5, 5.41) is 17.3. The maximum absolute atomic E-state index is 13.0. The molecule has 4 aromatic carbocycles. The van der Waals surface area contributed by atoms with Gasteiger partial charge >= 0.3 is 25.2 Å². The summed E-state index contributed by atoms with van der Waals surface area (Å²) in [7, 11) is -1.35. The molecular formula is C50H63BBrF3O8. The van der Waals surface area contributed by atoms with Gasteiger partial charge in [-0.25, -0.2) is 0 Å². The normalized spacial score (nSPS) is 14.4. The molecule has 6 rings (SSSR count). The van der Waals surface area contributed by atoms with Gasteiger partial charge in [0.25, 0.3) is 0 Å². The maximum atomic E-state index is 13.0. The molecule has 0 amide bonds. The molecule has 4 aromatic rings. The summed E-state index contributed by atoms with van der Waals surface area (Å²) in [5.41, 5.74) is 4.02. The molecule has 2 aliphatic rings. The molecule has 0 aliphatic heterocycles. The van der Waals surface area contributed by atoms with Crippen molar-refractivity contribution < 1.29 is 51.8 Å². The lowest BCUT2D eigenvalue weighted by molar-refractivity contribution is -0.146. The van der Waals surface area contributed by atoms with Gasteiger partial charge in [-0.3, -0.25) is 9.59 Å². The van der Waals surface area contributed by atoms with Gasteiger partial charge in [0.2, 0.25) is 0 Å². The summed E-state index contributed by atoms with van der Waals surface area (Å²) in [6.07, 6.45) is 1.82. The fourth-order valence-corrected chi connectivity index (χ4v) is 7.20. The minimum atomic E-state index is -4.39. The van der Waals surface area contributed by atoms with Crippen molar-refractivity contribution in [2.45, 2.75) is 105 Å². The Bertz CT molecular complexity index is 2030. The molecule has 2 atom stereocenters. The van der Waals surface area contributed by atoms with Gasteiger partial charge in [0.05, 0.1) is 48.3 Å². The molecule has 0 radical (unpaired) electrons. The number of carbonyl (C=O) groups excluding carboxylic acids is 2. The topological polar surface area (TPSA) is 112 Å². The number of esters is 2. The van der Waals surface area contributed by atoms with Crippen molar-refractivity contribution in [1.82, 2.24) is 0 Å². The van der Waals surface area contributed by atoms with Crippen LogP contribution >= 0.6 is 15.9 Å². The number of rotatable bonds is 18. The molecule has 13 heteroatoms. The first kappa shape index (κ1) is 51.3. The Morgan fingerprint density at radius 3 is 1.57 bits per heavy atom. The summed E-state index contributed by atoms with van der Waals surface area (Å²) < 4.78 is 62.2. The largest absolute Gasteiger partial charge is 0.493 e. The lowest BCUT2D eigenvalue weighted by Gasteiger charge is -2.20. The fraction of sp³-hybridized carbons (Fsp3) is 0.480. The third kappa shape index (κ3) is 17.3. The molecule has 0 saturated heterocycles. The van der Waals surface area contributed by atoms with Crippen molar-refractivity contribution in [2.75, 3.05) is 26.4 Å². The van der Waals surface area contributed by atoms with Gasteiger partial charge < -0.3 is 29.0 Å². The molecule has 2 aliphatic carbocycles. The zero-order chi connectivity index (χ0) is 46.3. The van der Waals surface area contributed by atoms with Gasteiger partial charge in [0, 0.05) is 5.56 Å². The quantitative estimate of drug-likeness (QED) is 0.0749. The van der Waals surface area contributed by atoms with E-state index in [4.69, 9.17) is 29.0 Å². The van der Waals surface area contributed by atoms with E-state index in [1.165, 1.54) is 25.0 Å². The van der Waals surface area contributed by atoms with E-state index in [0.29, 0.717) is 60.4 Å². The first-order valence-electron chi connectivity index (χ1n) is 22.0. The maximum Gasteiger partial charge on any atom is 0.488 e. The molecule has 8 nitrogen and oxygen atoms in total. The highest BCUT2D eigenvalue weighted by molar-refractivity contribution is 9.10. The molecule has 0 aromatic heterocycles. The van der Waals surface area contributed by atoms with E-state index < -0.39 is 24.8 Å². The summed E-state index contributed by atoms with van der Waals surface area (Å²) in [5.74, 6) is 2.34. The van der Waals surface area contributed by atoms with E-state index >= 15 is 0 Å². The first-order valence-corrected chi connectivity index (χ1v) is 22.8. The molecule has 63 heavy (non-hydrogen) atoms. The second-order valence-electron chi connectivity index (χ2n) is 17.2. The number of hydrogen-bond acceptors (Lipinski definition) is 8. The van der Waals surface area contributed by atoms with Crippen LogP contribution < -0.4 is 14.9 Å². The highest BCUT2D eigenvalue weighted by Crippen LogP contribution is 2.39. The standard InChI is InChI=1S/C25H29F3O3.C18H25BrO3.C7H9BO2/c1-4-30-24(29)22(13-16(2)3)19-9-12-23(31-15-17-5-6-17)21(14-19)18-7-10-20(11-8-18)25(26,27)28;1-4-21-18(20)15(9-12(2)3)14-7-8-17(16(19)10-14)22-11-13-5-6-13;1-6-2-4-7(5-3-6)8(9)10/h7-12,14,16-17,22H,4-6,13,15H2,1-3H3;7-8,10,12-13,15H,4-6,9,11H2,1-3H3;2-5,9-10H,1H3. The number of ether oxygens (including phenoxy) is 4. The Balaban J connectivity index is 0.000000235. The summed E-state index contributed by atoms with van der Waals surface area (Å²) >= 11 is 3.56. The van der Waals surface area contributed by atoms with E-state index in [9.17, 15) is 22.8 Å². The third-order valence-corrected chi connectivity index (χ3v) is 11.2. The van der Waals surface area contributed by atoms with Crippen LogP contribution in [0.4, 0.5) is 13.2 Å². The van der Waals surface area contributed by atoms with Gasteiger partial charge in [-0.05, 0) is 157 Å². The van der Waals surface area contributed by atoms with Crippen molar-refractivity contribution >= 4 is 40.4 Å². The van der Waals surface area contributed by atoms with Gasteiger partial charge in [-0.1, -0.05) is 81.8 Å². The molecule has 2 unspecified atom stereocenters. The van der Waals surface area contributed by atoms with Gasteiger partial charge in [0.15, 0.2) is 0 Å². The van der Waals surface area contributed by atoms with Crippen LogP contribution in [0.5, 0.6) is 11.5 Å². The van der Waals surface area contributed by atoms with Crippen molar-refractivity contribution in [3.05, 3.63) is 112 Å². The molecule has 2 N–H and O–H groups in total. The predicted octanol–water partition coefficient (Wildman–Crippen LogP) is 11.5. The highest BCUT2D eigenvalue weighted by Gasteiger charge is 2.31. The lowest BCUT2D eigenvalue weighted by atomic mass is 9.80. The number of halogens is 4. The summed E-state index contributed by atoms with van der Waals surface area (Å²) in [6.45, 7) is 16.0. The van der Waals surface area contributed by atoms with Crippen LogP contribution in [0.1, 0.15) is 114 Å². The average Bonchev–Trinajstić information content (AvgIpc) is 4.18.